The number of aryl methyl sites for hydroxylation is 2. The number of nitrogens with zero attached hydrogens (tertiary/aromatic N) is 4. The molecule has 162 valence electrons. The van der Waals surface area contributed by atoms with Gasteiger partial charge in [0.1, 0.15) is 21.6 Å². The molecular formula is C23H21N5O3S. The Morgan fingerprint density at radius 3 is 2.59 bits per heavy atom. The van der Waals surface area contributed by atoms with Gasteiger partial charge in [-0.25, -0.2) is 4.79 Å². The van der Waals surface area contributed by atoms with Gasteiger partial charge in [0.15, 0.2) is 6.61 Å². The van der Waals surface area contributed by atoms with Crippen molar-refractivity contribution in [3.63, 3.8) is 0 Å². The number of para-hydroxylation sites is 1. The number of hydrogen-bond acceptors (Lipinski definition) is 6. The van der Waals surface area contributed by atoms with E-state index >= 15 is 0 Å². The van der Waals surface area contributed by atoms with Gasteiger partial charge in [-0.2, -0.15) is 10.4 Å². The standard InChI is InChI=1S/C23H21N5O3S/c1-13-15(3)28(16-8-6-5-7-9-16)21(18(13)11-24)25-20(29)12-31-23(30)19-10-17-14(2)26-27(4)22(17)32-19/h5-10H,12H2,1-4H3,(H,25,29). The zero-order valence-corrected chi connectivity index (χ0v) is 18.9. The first-order chi connectivity index (χ1) is 15.3. The first-order valence-corrected chi connectivity index (χ1v) is 10.7. The van der Waals surface area contributed by atoms with Gasteiger partial charge >= 0.3 is 5.97 Å². The van der Waals surface area contributed by atoms with Gasteiger partial charge in [-0.1, -0.05) is 18.2 Å². The summed E-state index contributed by atoms with van der Waals surface area (Å²) in [4.78, 5) is 26.4. The highest BCUT2D eigenvalue weighted by molar-refractivity contribution is 7.20. The predicted octanol–water partition coefficient (Wildman–Crippen LogP) is 4.02. The lowest BCUT2D eigenvalue weighted by atomic mass is 10.2. The van der Waals surface area contributed by atoms with E-state index in [1.165, 1.54) is 11.3 Å². The van der Waals surface area contributed by atoms with Crippen molar-refractivity contribution in [3.05, 3.63) is 63.8 Å². The average Bonchev–Trinajstić information content (AvgIpc) is 3.40. The first-order valence-electron chi connectivity index (χ1n) is 9.89. The van der Waals surface area contributed by atoms with Crippen molar-refractivity contribution in [1.29, 1.82) is 5.26 Å². The molecule has 4 aromatic rings. The van der Waals surface area contributed by atoms with Crippen LogP contribution in [0.4, 0.5) is 5.82 Å². The molecule has 3 aromatic heterocycles. The fourth-order valence-electron chi connectivity index (χ4n) is 3.64. The number of amides is 1. The average molecular weight is 448 g/mol. The monoisotopic (exact) mass is 447 g/mol. The Morgan fingerprint density at radius 1 is 1.22 bits per heavy atom. The predicted molar refractivity (Wildman–Crippen MR) is 122 cm³/mol. The third kappa shape index (κ3) is 3.65. The number of nitriles is 1. The molecule has 1 aromatic carbocycles. The van der Waals surface area contributed by atoms with Crippen molar-refractivity contribution >= 4 is 39.2 Å². The minimum atomic E-state index is -0.577. The maximum absolute atomic E-state index is 12.6. The van der Waals surface area contributed by atoms with Crippen molar-refractivity contribution in [3.8, 4) is 11.8 Å². The zero-order valence-electron chi connectivity index (χ0n) is 18.1. The SMILES string of the molecule is Cc1c(C#N)c(NC(=O)COC(=O)c2cc3c(C)nn(C)c3s2)n(-c2ccccc2)c1C. The Labute approximate surface area is 188 Å². The summed E-state index contributed by atoms with van der Waals surface area (Å²) in [6.45, 7) is 5.13. The maximum atomic E-state index is 12.6. The molecular weight excluding hydrogens is 426 g/mol. The molecule has 3 heterocycles. The molecule has 1 amide bonds. The molecule has 0 radical (unpaired) electrons. The molecule has 9 heteroatoms. The minimum Gasteiger partial charge on any atom is -0.451 e. The number of carbonyl (C=O) groups is 2. The lowest BCUT2D eigenvalue weighted by Gasteiger charge is -2.13. The number of ether oxygens (including phenoxy) is 1. The summed E-state index contributed by atoms with van der Waals surface area (Å²) >= 11 is 1.27. The van der Waals surface area contributed by atoms with Crippen LogP contribution in [0.15, 0.2) is 36.4 Å². The molecule has 8 nitrogen and oxygen atoms in total. The number of thiophene rings is 1. The molecule has 4 rings (SSSR count). The normalized spacial score (nSPS) is 10.8. The number of nitrogens with one attached hydrogen (secondary N) is 1. The minimum absolute atomic E-state index is 0.360. The molecule has 0 unspecified atom stereocenters. The Morgan fingerprint density at radius 2 is 1.94 bits per heavy atom. The topological polar surface area (TPSA) is 102 Å². The molecule has 0 aliphatic carbocycles. The summed E-state index contributed by atoms with van der Waals surface area (Å²) < 4.78 is 8.76. The van der Waals surface area contributed by atoms with Gasteiger partial charge in [-0.15, -0.1) is 11.3 Å². The highest BCUT2D eigenvalue weighted by Crippen LogP contribution is 2.30. The van der Waals surface area contributed by atoms with E-state index in [1.54, 1.807) is 10.7 Å². The van der Waals surface area contributed by atoms with Crippen LogP contribution in [0.3, 0.4) is 0 Å². The van der Waals surface area contributed by atoms with Crippen LogP contribution < -0.4 is 5.32 Å². The number of carbonyl (C=O) groups excluding carboxylic acids is 2. The van der Waals surface area contributed by atoms with E-state index in [2.05, 4.69) is 16.5 Å². The molecule has 0 spiro atoms. The Hall–Kier alpha value is -3.90. The zero-order chi connectivity index (χ0) is 23.0. The summed E-state index contributed by atoms with van der Waals surface area (Å²) in [6.07, 6.45) is 0. The third-order valence-corrected chi connectivity index (χ3v) is 6.51. The van der Waals surface area contributed by atoms with Crippen molar-refractivity contribution in [2.24, 2.45) is 7.05 Å². The smallest absolute Gasteiger partial charge is 0.348 e. The second-order valence-corrected chi connectivity index (χ2v) is 8.41. The number of fused-ring (bicyclic) bond motifs is 1. The summed E-state index contributed by atoms with van der Waals surface area (Å²) in [6, 6.07) is 13.3. The molecule has 0 fully saturated rings. The second kappa shape index (κ2) is 8.32. The van der Waals surface area contributed by atoms with Crippen LogP contribution in [0, 0.1) is 32.1 Å². The number of hydrogen-bond donors (Lipinski definition) is 1. The van der Waals surface area contributed by atoms with Crippen LogP contribution in [-0.4, -0.2) is 32.8 Å². The Kier molecular flexibility index (Phi) is 5.55. The van der Waals surface area contributed by atoms with Gasteiger partial charge in [-0.05, 0) is 44.5 Å². The van der Waals surface area contributed by atoms with Crippen molar-refractivity contribution in [1.82, 2.24) is 14.3 Å². The van der Waals surface area contributed by atoms with E-state index in [4.69, 9.17) is 4.74 Å². The summed E-state index contributed by atoms with van der Waals surface area (Å²) in [5.41, 5.74) is 3.63. The van der Waals surface area contributed by atoms with E-state index in [0.29, 0.717) is 16.3 Å². The van der Waals surface area contributed by atoms with E-state index in [0.717, 1.165) is 32.9 Å². The number of benzene rings is 1. The second-order valence-electron chi connectivity index (χ2n) is 7.38. The van der Waals surface area contributed by atoms with Gasteiger partial charge in [0.25, 0.3) is 5.91 Å². The summed E-state index contributed by atoms with van der Waals surface area (Å²) in [5.74, 6) is -0.742. The number of esters is 1. The third-order valence-electron chi connectivity index (χ3n) is 5.33. The van der Waals surface area contributed by atoms with Crippen molar-refractivity contribution in [2.45, 2.75) is 20.8 Å². The van der Waals surface area contributed by atoms with Crippen LogP contribution >= 0.6 is 11.3 Å². The molecule has 0 bridgehead atoms. The fourth-order valence-corrected chi connectivity index (χ4v) is 4.65. The molecule has 32 heavy (non-hydrogen) atoms. The highest BCUT2D eigenvalue weighted by Gasteiger charge is 2.22. The van der Waals surface area contributed by atoms with E-state index < -0.39 is 18.5 Å². The molecule has 0 aliphatic heterocycles. The summed E-state index contributed by atoms with van der Waals surface area (Å²) in [5, 5.41) is 17.6. The number of anilines is 1. The Balaban J connectivity index is 1.53. The van der Waals surface area contributed by atoms with E-state index in [9.17, 15) is 14.9 Å². The molecule has 0 aliphatic rings. The van der Waals surface area contributed by atoms with Crippen LogP contribution in [0.25, 0.3) is 15.9 Å². The van der Waals surface area contributed by atoms with Crippen molar-refractivity contribution < 1.29 is 14.3 Å². The van der Waals surface area contributed by atoms with Crippen LogP contribution in [0.5, 0.6) is 0 Å². The van der Waals surface area contributed by atoms with Crippen LogP contribution in [-0.2, 0) is 16.6 Å². The number of rotatable bonds is 5. The van der Waals surface area contributed by atoms with Gasteiger partial charge in [0.2, 0.25) is 0 Å². The molecule has 0 saturated heterocycles. The van der Waals surface area contributed by atoms with Crippen LogP contribution in [0.2, 0.25) is 0 Å². The van der Waals surface area contributed by atoms with E-state index in [-0.39, 0.29) is 0 Å². The lowest BCUT2D eigenvalue weighted by molar-refractivity contribution is -0.119. The largest absolute Gasteiger partial charge is 0.451 e. The van der Waals surface area contributed by atoms with Crippen LogP contribution in [0.1, 0.15) is 32.2 Å². The first kappa shape index (κ1) is 21.3. The molecule has 0 saturated carbocycles. The fraction of sp³-hybridized carbons (Fsp3) is 0.217. The van der Waals surface area contributed by atoms with E-state index in [1.807, 2.05) is 62.7 Å². The molecule has 1 N–H and O–H groups in total. The van der Waals surface area contributed by atoms with Gasteiger partial charge in [0.05, 0.1) is 11.3 Å². The lowest BCUT2D eigenvalue weighted by Crippen LogP contribution is -2.22. The highest BCUT2D eigenvalue weighted by atomic mass is 32.1. The maximum Gasteiger partial charge on any atom is 0.348 e. The van der Waals surface area contributed by atoms with Gasteiger partial charge in [-0.3, -0.25) is 14.0 Å². The van der Waals surface area contributed by atoms with Gasteiger partial charge in [0, 0.05) is 23.8 Å². The summed E-state index contributed by atoms with van der Waals surface area (Å²) in [7, 11) is 1.81. The quantitative estimate of drug-likeness (QED) is 0.466. The Bertz CT molecular complexity index is 1350. The number of aromatic nitrogens is 3. The molecule has 0 atom stereocenters. The van der Waals surface area contributed by atoms with Crippen molar-refractivity contribution in [2.75, 3.05) is 11.9 Å². The van der Waals surface area contributed by atoms with Gasteiger partial charge < -0.3 is 10.1 Å².